The molecule has 1 aliphatic heterocycles. The largest absolute Gasteiger partial charge is 0.320 e. The van der Waals surface area contributed by atoms with E-state index in [0.717, 1.165) is 24.1 Å². The fourth-order valence-corrected chi connectivity index (χ4v) is 3.78. The standard InChI is InChI=1S/C18H24N2/c19-12-3-4-15-7-9-16(10-8-15)14-20-13-11-17-5-1-2-6-18(17)20/h7-10,17-18H,1-2,5-6,11-14,19H2. The average molecular weight is 268 g/mol. The molecule has 1 saturated heterocycles. The summed E-state index contributed by atoms with van der Waals surface area (Å²) in [5.41, 5.74) is 7.87. The van der Waals surface area contributed by atoms with E-state index in [1.165, 1.54) is 44.2 Å². The molecule has 0 amide bonds. The molecule has 0 bridgehead atoms. The van der Waals surface area contributed by atoms with E-state index in [2.05, 4.69) is 41.0 Å². The molecule has 1 aliphatic carbocycles. The van der Waals surface area contributed by atoms with Gasteiger partial charge in [0.2, 0.25) is 0 Å². The molecular formula is C18H24N2. The topological polar surface area (TPSA) is 29.3 Å². The molecule has 2 aliphatic rings. The van der Waals surface area contributed by atoms with Crippen molar-refractivity contribution < 1.29 is 0 Å². The molecule has 2 N–H and O–H groups in total. The maximum Gasteiger partial charge on any atom is 0.0555 e. The van der Waals surface area contributed by atoms with Crippen LogP contribution in [0, 0.1) is 17.8 Å². The third-order valence-corrected chi connectivity index (χ3v) is 4.80. The van der Waals surface area contributed by atoms with Crippen LogP contribution in [-0.4, -0.2) is 24.0 Å². The quantitative estimate of drug-likeness (QED) is 0.836. The number of hydrogen-bond acceptors (Lipinski definition) is 2. The minimum atomic E-state index is 0.429. The maximum absolute atomic E-state index is 5.40. The molecule has 2 atom stereocenters. The maximum atomic E-state index is 5.40. The van der Waals surface area contributed by atoms with Crippen molar-refractivity contribution >= 4 is 0 Å². The van der Waals surface area contributed by atoms with Crippen molar-refractivity contribution in [2.45, 2.75) is 44.7 Å². The lowest BCUT2D eigenvalue weighted by Gasteiger charge is -2.31. The van der Waals surface area contributed by atoms with E-state index >= 15 is 0 Å². The van der Waals surface area contributed by atoms with Gasteiger partial charge in [0.25, 0.3) is 0 Å². The predicted molar refractivity (Wildman–Crippen MR) is 83.1 cm³/mol. The first-order chi connectivity index (χ1) is 9.86. The molecule has 1 aromatic rings. The smallest absolute Gasteiger partial charge is 0.0555 e. The van der Waals surface area contributed by atoms with Gasteiger partial charge in [-0.1, -0.05) is 36.8 Å². The Bertz CT molecular complexity index is 494. The summed E-state index contributed by atoms with van der Waals surface area (Å²) in [6, 6.07) is 9.52. The van der Waals surface area contributed by atoms with E-state index in [-0.39, 0.29) is 0 Å². The van der Waals surface area contributed by atoms with E-state index in [4.69, 9.17) is 5.73 Å². The molecule has 2 fully saturated rings. The van der Waals surface area contributed by atoms with E-state index in [1.807, 2.05) is 0 Å². The van der Waals surface area contributed by atoms with Crippen molar-refractivity contribution in [3.8, 4) is 11.8 Å². The monoisotopic (exact) mass is 268 g/mol. The van der Waals surface area contributed by atoms with E-state index in [9.17, 15) is 0 Å². The molecule has 1 heterocycles. The molecule has 2 unspecified atom stereocenters. The molecule has 106 valence electrons. The van der Waals surface area contributed by atoms with Crippen molar-refractivity contribution in [3.63, 3.8) is 0 Å². The molecule has 1 saturated carbocycles. The van der Waals surface area contributed by atoms with Crippen molar-refractivity contribution in [2.75, 3.05) is 13.1 Å². The van der Waals surface area contributed by atoms with Crippen LogP contribution < -0.4 is 5.73 Å². The second-order valence-corrected chi connectivity index (χ2v) is 6.07. The van der Waals surface area contributed by atoms with Crippen LogP contribution in [0.2, 0.25) is 0 Å². The highest BCUT2D eigenvalue weighted by molar-refractivity contribution is 5.36. The zero-order chi connectivity index (χ0) is 13.8. The number of nitrogens with zero attached hydrogens (tertiary/aromatic N) is 1. The Labute approximate surface area is 122 Å². The summed E-state index contributed by atoms with van der Waals surface area (Å²) in [5.74, 6) is 6.95. The predicted octanol–water partition coefficient (Wildman–Crippen LogP) is 2.76. The Morgan fingerprint density at radius 3 is 2.70 bits per heavy atom. The van der Waals surface area contributed by atoms with Gasteiger partial charge in [-0.3, -0.25) is 4.90 Å². The van der Waals surface area contributed by atoms with E-state index in [0.29, 0.717) is 6.54 Å². The van der Waals surface area contributed by atoms with Gasteiger partial charge in [-0.05, 0) is 49.4 Å². The summed E-state index contributed by atoms with van der Waals surface area (Å²) in [4.78, 5) is 2.70. The van der Waals surface area contributed by atoms with Crippen LogP contribution in [0.3, 0.4) is 0 Å². The van der Waals surface area contributed by atoms with Gasteiger partial charge in [0, 0.05) is 18.2 Å². The Hall–Kier alpha value is -1.30. The second-order valence-electron chi connectivity index (χ2n) is 6.07. The lowest BCUT2D eigenvalue weighted by molar-refractivity contribution is 0.176. The summed E-state index contributed by atoms with van der Waals surface area (Å²) in [7, 11) is 0. The van der Waals surface area contributed by atoms with Crippen molar-refractivity contribution in [3.05, 3.63) is 35.4 Å². The van der Waals surface area contributed by atoms with Crippen LogP contribution >= 0.6 is 0 Å². The Balaban J connectivity index is 1.63. The summed E-state index contributed by atoms with van der Waals surface area (Å²) in [6.45, 7) is 2.81. The first kappa shape index (κ1) is 13.7. The molecule has 0 aromatic heterocycles. The third-order valence-electron chi connectivity index (χ3n) is 4.80. The molecule has 0 spiro atoms. The highest BCUT2D eigenvalue weighted by Gasteiger charge is 2.35. The zero-order valence-corrected chi connectivity index (χ0v) is 12.1. The molecule has 0 radical (unpaired) electrons. The zero-order valence-electron chi connectivity index (χ0n) is 12.1. The summed E-state index contributed by atoms with van der Waals surface area (Å²) in [5, 5.41) is 0. The number of benzene rings is 1. The van der Waals surface area contributed by atoms with Crippen molar-refractivity contribution in [2.24, 2.45) is 11.7 Å². The normalized spacial score (nSPS) is 25.9. The number of fused-ring (bicyclic) bond motifs is 1. The average Bonchev–Trinajstić information content (AvgIpc) is 2.90. The van der Waals surface area contributed by atoms with Crippen LogP contribution in [0.4, 0.5) is 0 Å². The fourth-order valence-electron chi connectivity index (χ4n) is 3.78. The van der Waals surface area contributed by atoms with Crippen LogP contribution in [0.1, 0.15) is 43.2 Å². The Kier molecular flexibility index (Phi) is 4.40. The van der Waals surface area contributed by atoms with Gasteiger partial charge >= 0.3 is 0 Å². The SMILES string of the molecule is NCC#Cc1ccc(CN2CCC3CCCCC32)cc1. The van der Waals surface area contributed by atoms with Crippen LogP contribution in [-0.2, 0) is 6.54 Å². The summed E-state index contributed by atoms with van der Waals surface area (Å²) < 4.78 is 0. The lowest BCUT2D eigenvalue weighted by atomic mass is 9.85. The lowest BCUT2D eigenvalue weighted by Crippen LogP contribution is -2.34. The van der Waals surface area contributed by atoms with Gasteiger partial charge < -0.3 is 5.73 Å². The van der Waals surface area contributed by atoms with Crippen molar-refractivity contribution in [1.82, 2.24) is 4.90 Å². The summed E-state index contributed by atoms with van der Waals surface area (Å²) >= 11 is 0. The number of likely N-dealkylation sites (tertiary alicyclic amines) is 1. The summed E-state index contributed by atoms with van der Waals surface area (Å²) in [6.07, 6.45) is 7.14. The van der Waals surface area contributed by atoms with Gasteiger partial charge in [0.1, 0.15) is 0 Å². The van der Waals surface area contributed by atoms with Gasteiger partial charge in [0.05, 0.1) is 6.54 Å². The van der Waals surface area contributed by atoms with Crippen LogP contribution in [0.25, 0.3) is 0 Å². The van der Waals surface area contributed by atoms with Gasteiger partial charge in [-0.15, -0.1) is 0 Å². The molecule has 3 rings (SSSR count). The van der Waals surface area contributed by atoms with E-state index in [1.54, 1.807) is 0 Å². The third kappa shape index (κ3) is 3.06. The molecule has 20 heavy (non-hydrogen) atoms. The van der Waals surface area contributed by atoms with Crippen molar-refractivity contribution in [1.29, 1.82) is 0 Å². The van der Waals surface area contributed by atoms with Gasteiger partial charge in [0.15, 0.2) is 0 Å². The molecular weight excluding hydrogens is 244 g/mol. The molecule has 2 nitrogen and oxygen atoms in total. The highest BCUT2D eigenvalue weighted by Crippen LogP contribution is 2.36. The van der Waals surface area contributed by atoms with Gasteiger partial charge in [-0.25, -0.2) is 0 Å². The molecule has 1 aromatic carbocycles. The molecule has 2 heteroatoms. The Morgan fingerprint density at radius 1 is 1.10 bits per heavy atom. The second kappa shape index (κ2) is 6.43. The first-order valence-corrected chi connectivity index (χ1v) is 7.89. The fraction of sp³-hybridized carbons (Fsp3) is 0.556. The number of rotatable bonds is 2. The van der Waals surface area contributed by atoms with Gasteiger partial charge in [-0.2, -0.15) is 0 Å². The van der Waals surface area contributed by atoms with E-state index < -0.39 is 0 Å². The minimum absolute atomic E-state index is 0.429. The number of hydrogen-bond donors (Lipinski definition) is 1. The number of nitrogens with two attached hydrogens (primary N) is 1. The van der Waals surface area contributed by atoms with Crippen LogP contribution in [0.5, 0.6) is 0 Å². The Morgan fingerprint density at radius 2 is 1.90 bits per heavy atom. The highest BCUT2D eigenvalue weighted by atomic mass is 15.2. The first-order valence-electron chi connectivity index (χ1n) is 7.89. The van der Waals surface area contributed by atoms with Crippen LogP contribution in [0.15, 0.2) is 24.3 Å². The minimum Gasteiger partial charge on any atom is -0.320 e.